The number of methoxy groups -OCH3 is 1. The highest BCUT2D eigenvalue weighted by Crippen LogP contribution is 2.43. The third-order valence-electron chi connectivity index (χ3n) is 5.89. The Morgan fingerprint density at radius 3 is 2.59 bits per heavy atom. The minimum Gasteiger partial charge on any atom is -0.507 e. The quantitative estimate of drug-likeness (QED) is 0.264. The van der Waals surface area contributed by atoms with Crippen molar-refractivity contribution in [1.82, 2.24) is 4.98 Å². The van der Waals surface area contributed by atoms with E-state index in [1.807, 2.05) is 6.92 Å². The minimum absolute atomic E-state index is 0.0243. The Balaban J connectivity index is 1.65. The maximum Gasteiger partial charge on any atom is 0.337 e. The first-order valence-corrected chi connectivity index (χ1v) is 11.5. The van der Waals surface area contributed by atoms with Gasteiger partial charge in [0, 0.05) is 23.6 Å². The number of ketones is 1. The van der Waals surface area contributed by atoms with Crippen molar-refractivity contribution in [2.24, 2.45) is 0 Å². The summed E-state index contributed by atoms with van der Waals surface area (Å²) in [6.45, 7) is 1.96. The average Bonchev–Trinajstić information content (AvgIpc) is 3.56. The van der Waals surface area contributed by atoms with E-state index < -0.39 is 23.7 Å². The van der Waals surface area contributed by atoms with Gasteiger partial charge in [0.2, 0.25) is 0 Å². The van der Waals surface area contributed by atoms with Crippen LogP contribution in [0.5, 0.6) is 5.75 Å². The normalized spacial score (nSPS) is 20.8. The standard InChI is InChI=1S/C25H20N2O6S/c1-13-11-17-12-16(7-8-18(17)33-13)21(28)19-20(14-3-5-15(6-4-14)24(31)32-2)27(23(30)22(19)29)25-26-9-10-34-25/h3-10,12-13,20,28H,11H2,1-2H3/t13-,20+/m1/s1. The number of carbonyl (C=O) groups is 3. The Morgan fingerprint density at radius 2 is 1.91 bits per heavy atom. The third-order valence-corrected chi connectivity index (χ3v) is 6.66. The Labute approximate surface area is 199 Å². The van der Waals surface area contributed by atoms with E-state index >= 15 is 0 Å². The van der Waals surface area contributed by atoms with Crippen molar-refractivity contribution in [3.8, 4) is 5.75 Å². The molecular formula is C25H20N2O6S. The van der Waals surface area contributed by atoms with Gasteiger partial charge in [-0.05, 0) is 48.4 Å². The molecule has 2 aliphatic heterocycles. The summed E-state index contributed by atoms with van der Waals surface area (Å²) in [4.78, 5) is 43.6. The van der Waals surface area contributed by atoms with Gasteiger partial charge in [-0.2, -0.15) is 0 Å². The van der Waals surface area contributed by atoms with Gasteiger partial charge in [-0.1, -0.05) is 12.1 Å². The zero-order chi connectivity index (χ0) is 24.0. The van der Waals surface area contributed by atoms with Gasteiger partial charge < -0.3 is 14.6 Å². The van der Waals surface area contributed by atoms with Crippen molar-refractivity contribution < 1.29 is 29.0 Å². The molecule has 34 heavy (non-hydrogen) atoms. The average molecular weight is 477 g/mol. The first-order valence-electron chi connectivity index (χ1n) is 10.6. The second kappa shape index (κ2) is 8.42. The minimum atomic E-state index is -0.915. The molecule has 0 unspecified atom stereocenters. The van der Waals surface area contributed by atoms with Gasteiger partial charge in [0.15, 0.2) is 5.13 Å². The van der Waals surface area contributed by atoms with E-state index in [2.05, 4.69) is 4.98 Å². The van der Waals surface area contributed by atoms with Crippen molar-refractivity contribution in [3.63, 3.8) is 0 Å². The van der Waals surface area contributed by atoms with E-state index in [4.69, 9.17) is 9.47 Å². The largest absolute Gasteiger partial charge is 0.507 e. The van der Waals surface area contributed by atoms with E-state index in [9.17, 15) is 19.5 Å². The number of anilines is 1. The predicted octanol–water partition coefficient (Wildman–Crippen LogP) is 3.88. The summed E-state index contributed by atoms with van der Waals surface area (Å²) < 4.78 is 10.5. The predicted molar refractivity (Wildman–Crippen MR) is 125 cm³/mol. The fourth-order valence-electron chi connectivity index (χ4n) is 4.32. The first kappa shape index (κ1) is 21.8. The second-order valence-corrected chi connectivity index (χ2v) is 8.93. The number of aromatic nitrogens is 1. The fraction of sp³-hybridized carbons (Fsp3) is 0.200. The van der Waals surface area contributed by atoms with Gasteiger partial charge in [0.1, 0.15) is 17.6 Å². The zero-order valence-electron chi connectivity index (χ0n) is 18.3. The molecule has 0 radical (unpaired) electrons. The highest BCUT2D eigenvalue weighted by molar-refractivity contribution is 7.14. The van der Waals surface area contributed by atoms with Crippen LogP contribution in [0.1, 0.15) is 40.0 Å². The van der Waals surface area contributed by atoms with E-state index in [-0.39, 0.29) is 17.4 Å². The van der Waals surface area contributed by atoms with Crippen molar-refractivity contribution in [3.05, 3.63) is 81.9 Å². The van der Waals surface area contributed by atoms with E-state index in [1.165, 1.54) is 23.3 Å². The molecule has 0 aliphatic carbocycles. The number of aliphatic hydroxyl groups is 1. The highest BCUT2D eigenvalue weighted by atomic mass is 32.1. The molecule has 0 bridgehead atoms. The Hall–Kier alpha value is -3.98. The van der Waals surface area contributed by atoms with Gasteiger partial charge in [-0.15, -0.1) is 11.3 Å². The molecule has 1 aromatic heterocycles. The summed E-state index contributed by atoms with van der Waals surface area (Å²) in [5.41, 5.74) is 2.17. The number of hydrogen-bond acceptors (Lipinski definition) is 8. The first-order chi connectivity index (χ1) is 16.4. The lowest BCUT2D eigenvalue weighted by atomic mass is 9.94. The molecule has 172 valence electrons. The van der Waals surface area contributed by atoms with Crippen molar-refractivity contribution in [2.45, 2.75) is 25.5 Å². The highest BCUT2D eigenvalue weighted by Gasteiger charge is 2.48. The smallest absolute Gasteiger partial charge is 0.337 e. The van der Waals surface area contributed by atoms with E-state index in [1.54, 1.807) is 54.0 Å². The van der Waals surface area contributed by atoms with Gasteiger partial charge in [0.05, 0.1) is 24.3 Å². The molecule has 2 aliphatic rings. The number of Topliss-reactive ketones (excluding diaryl/α,β-unsaturated/α-hetero) is 1. The number of fused-ring (bicyclic) bond motifs is 1. The maximum absolute atomic E-state index is 13.2. The molecule has 2 aromatic carbocycles. The van der Waals surface area contributed by atoms with Gasteiger partial charge in [-0.25, -0.2) is 9.78 Å². The van der Waals surface area contributed by atoms with Crippen LogP contribution in [0.4, 0.5) is 5.13 Å². The van der Waals surface area contributed by atoms with Crippen LogP contribution in [0.25, 0.3) is 5.76 Å². The molecule has 8 nitrogen and oxygen atoms in total. The number of esters is 1. The molecule has 2 atom stereocenters. The van der Waals surface area contributed by atoms with Crippen LogP contribution in [0.15, 0.2) is 59.6 Å². The summed E-state index contributed by atoms with van der Waals surface area (Å²) in [7, 11) is 1.29. The maximum atomic E-state index is 13.2. The van der Waals surface area contributed by atoms with Crippen LogP contribution in [-0.2, 0) is 20.7 Å². The number of aliphatic hydroxyl groups excluding tert-OH is 1. The zero-order valence-corrected chi connectivity index (χ0v) is 19.2. The Bertz CT molecular complexity index is 1330. The Morgan fingerprint density at radius 1 is 1.18 bits per heavy atom. The van der Waals surface area contributed by atoms with Gasteiger partial charge in [-0.3, -0.25) is 14.5 Å². The number of nitrogens with zero attached hydrogens (tertiary/aromatic N) is 2. The summed E-state index contributed by atoms with van der Waals surface area (Å²) in [5, 5.41) is 13.3. The lowest BCUT2D eigenvalue weighted by Gasteiger charge is -2.23. The van der Waals surface area contributed by atoms with Crippen LogP contribution in [0.2, 0.25) is 0 Å². The number of thiazole rings is 1. The summed E-state index contributed by atoms with van der Waals surface area (Å²) in [5.74, 6) is -1.63. The number of amides is 1. The molecular weight excluding hydrogens is 456 g/mol. The number of ether oxygens (including phenoxy) is 2. The molecule has 1 amide bonds. The lowest BCUT2D eigenvalue weighted by molar-refractivity contribution is -0.132. The monoisotopic (exact) mass is 476 g/mol. The van der Waals surface area contributed by atoms with Crippen LogP contribution in [-0.4, -0.2) is 41.0 Å². The molecule has 0 spiro atoms. The van der Waals surface area contributed by atoms with Gasteiger partial charge in [0.25, 0.3) is 5.78 Å². The Kier molecular flexibility index (Phi) is 5.41. The van der Waals surface area contributed by atoms with Crippen molar-refractivity contribution >= 4 is 39.9 Å². The lowest BCUT2D eigenvalue weighted by Crippen LogP contribution is -2.29. The molecule has 0 saturated carbocycles. The molecule has 5 rings (SSSR count). The molecule has 9 heteroatoms. The molecule has 1 N–H and O–H groups in total. The molecule has 1 fully saturated rings. The number of hydrogen-bond donors (Lipinski definition) is 1. The molecule has 3 heterocycles. The SMILES string of the molecule is COC(=O)c1ccc([C@H]2C(=C(O)c3ccc4c(c3)C[C@@H](C)O4)C(=O)C(=O)N2c2nccs2)cc1. The fourth-order valence-corrected chi connectivity index (χ4v) is 4.99. The number of benzene rings is 2. The summed E-state index contributed by atoms with van der Waals surface area (Å²) in [6.07, 6.45) is 2.25. The van der Waals surface area contributed by atoms with Crippen LogP contribution in [0, 0.1) is 0 Å². The van der Waals surface area contributed by atoms with E-state index in [0.29, 0.717) is 28.2 Å². The van der Waals surface area contributed by atoms with E-state index in [0.717, 1.165) is 11.3 Å². The van der Waals surface area contributed by atoms with Crippen LogP contribution in [0.3, 0.4) is 0 Å². The van der Waals surface area contributed by atoms with Gasteiger partial charge >= 0.3 is 11.9 Å². The van der Waals surface area contributed by atoms with Crippen molar-refractivity contribution in [2.75, 3.05) is 12.0 Å². The third kappa shape index (κ3) is 3.54. The molecule has 1 saturated heterocycles. The second-order valence-electron chi connectivity index (χ2n) is 8.05. The number of carbonyl (C=O) groups excluding carboxylic acids is 3. The molecule has 3 aromatic rings. The summed E-state index contributed by atoms with van der Waals surface area (Å²) >= 11 is 1.21. The van der Waals surface area contributed by atoms with Crippen LogP contribution < -0.4 is 9.64 Å². The van der Waals surface area contributed by atoms with Crippen molar-refractivity contribution in [1.29, 1.82) is 0 Å². The number of rotatable bonds is 4. The topological polar surface area (TPSA) is 106 Å². The van der Waals surface area contributed by atoms with Crippen LogP contribution >= 0.6 is 11.3 Å². The summed E-state index contributed by atoms with van der Waals surface area (Å²) in [6, 6.07) is 10.7.